The van der Waals surface area contributed by atoms with E-state index in [-0.39, 0.29) is 17.1 Å². The number of nitro benzene ring substituents is 2. The van der Waals surface area contributed by atoms with Crippen molar-refractivity contribution in [2.45, 2.75) is 12.8 Å². The van der Waals surface area contributed by atoms with Gasteiger partial charge in [0.2, 0.25) is 0 Å². The molecule has 0 spiro atoms. The molecular formula is C15H12N4O4. The van der Waals surface area contributed by atoms with Crippen LogP contribution < -0.4 is 5.43 Å². The van der Waals surface area contributed by atoms with E-state index in [2.05, 4.69) is 10.5 Å². The molecule has 0 radical (unpaired) electrons. The number of hydrogen-bond donors (Lipinski definition) is 1. The second kappa shape index (κ2) is 5.84. The Kier molecular flexibility index (Phi) is 3.71. The van der Waals surface area contributed by atoms with Gasteiger partial charge >= 0.3 is 5.69 Å². The van der Waals surface area contributed by atoms with E-state index in [1.165, 1.54) is 17.7 Å². The Bertz CT molecular complexity index is 832. The number of rotatable bonds is 4. The van der Waals surface area contributed by atoms with Gasteiger partial charge < -0.3 is 0 Å². The molecule has 23 heavy (non-hydrogen) atoms. The molecule has 0 saturated heterocycles. The highest BCUT2D eigenvalue weighted by atomic mass is 16.6. The maximum absolute atomic E-state index is 11.1. The van der Waals surface area contributed by atoms with Gasteiger partial charge in [-0.15, -0.1) is 0 Å². The molecule has 8 heteroatoms. The molecule has 0 unspecified atom stereocenters. The summed E-state index contributed by atoms with van der Waals surface area (Å²) in [6.07, 6.45) is 1.62. The van der Waals surface area contributed by atoms with Gasteiger partial charge in [-0.05, 0) is 24.5 Å². The van der Waals surface area contributed by atoms with Gasteiger partial charge in [-0.25, -0.2) is 0 Å². The van der Waals surface area contributed by atoms with Crippen LogP contribution in [0.15, 0.2) is 47.6 Å². The number of nitrogens with one attached hydrogen (secondary N) is 1. The van der Waals surface area contributed by atoms with Crippen molar-refractivity contribution in [1.82, 2.24) is 0 Å². The number of nitro groups is 2. The summed E-state index contributed by atoms with van der Waals surface area (Å²) in [5.41, 5.74) is 5.10. The first-order valence-electron chi connectivity index (χ1n) is 6.90. The first kappa shape index (κ1) is 14.6. The molecule has 1 N–H and O–H groups in total. The van der Waals surface area contributed by atoms with Crippen molar-refractivity contribution in [2.75, 3.05) is 5.43 Å². The minimum absolute atomic E-state index is 0.123. The fraction of sp³-hybridized carbons (Fsp3) is 0.133. The number of hydrazone groups is 1. The molecule has 0 aliphatic heterocycles. The highest BCUT2D eigenvalue weighted by molar-refractivity contribution is 6.04. The summed E-state index contributed by atoms with van der Waals surface area (Å²) in [5, 5.41) is 26.1. The Morgan fingerprint density at radius 1 is 1.00 bits per heavy atom. The standard InChI is InChI=1S/C15H12N4O4/c20-18(21)11-6-8-14(15(9-11)19(22)23)17-16-13-7-5-10-3-1-2-4-12(10)13/h1-4,6,8-9,17H,5,7H2. The van der Waals surface area contributed by atoms with Crippen LogP contribution in [0.25, 0.3) is 0 Å². The van der Waals surface area contributed by atoms with Gasteiger partial charge in [0.1, 0.15) is 5.69 Å². The third-order valence-corrected chi connectivity index (χ3v) is 3.66. The van der Waals surface area contributed by atoms with E-state index in [0.717, 1.165) is 30.2 Å². The summed E-state index contributed by atoms with van der Waals surface area (Å²) in [7, 11) is 0. The SMILES string of the molecule is O=[N+]([O-])c1ccc(NN=C2CCc3ccccc32)c([N+](=O)[O-])c1. The Hall–Kier alpha value is -3.29. The Labute approximate surface area is 130 Å². The number of hydrogen-bond acceptors (Lipinski definition) is 6. The molecule has 0 fully saturated rings. The van der Waals surface area contributed by atoms with Crippen LogP contribution in [0.3, 0.4) is 0 Å². The van der Waals surface area contributed by atoms with Crippen molar-refractivity contribution < 1.29 is 9.85 Å². The summed E-state index contributed by atoms with van der Waals surface area (Å²) in [6, 6.07) is 11.3. The summed E-state index contributed by atoms with van der Waals surface area (Å²) in [4.78, 5) is 20.5. The van der Waals surface area contributed by atoms with Gasteiger partial charge in [0.05, 0.1) is 21.6 Å². The Morgan fingerprint density at radius 3 is 2.52 bits per heavy atom. The van der Waals surface area contributed by atoms with Gasteiger partial charge in [-0.1, -0.05) is 24.3 Å². The van der Waals surface area contributed by atoms with E-state index < -0.39 is 9.85 Å². The van der Waals surface area contributed by atoms with Crippen LogP contribution in [-0.2, 0) is 6.42 Å². The van der Waals surface area contributed by atoms with Crippen LogP contribution in [-0.4, -0.2) is 15.6 Å². The van der Waals surface area contributed by atoms with Crippen LogP contribution in [0.4, 0.5) is 17.1 Å². The molecule has 1 aliphatic rings. The average Bonchev–Trinajstić information content (AvgIpc) is 2.95. The average molecular weight is 312 g/mol. The van der Waals surface area contributed by atoms with Gasteiger partial charge in [0.15, 0.2) is 0 Å². The molecule has 0 heterocycles. The van der Waals surface area contributed by atoms with Gasteiger partial charge in [-0.2, -0.15) is 5.10 Å². The van der Waals surface area contributed by atoms with Crippen LogP contribution in [0.2, 0.25) is 0 Å². The van der Waals surface area contributed by atoms with Gasteiger partial charge in [0, 0.05) is 11.6 Å². The molecule has 1 aliphatic carbocycles. The molecule has 2 aromatic carbocycles. The topological polar surface area (TPSA) is 111 Å². The van der Waals surface area contributed by atoms with Crippen molar-refractivity contribution in [3.8, 4) is 0 Å². The van der Waals surface area contributed by atoms with E-state index in [4.69, 9.17) is 0 Å². The van der Waals surface area contributed by atoms with E-state index in [1.54, 1.807) is 0 Å². The maximum atomic E-state index is 11.1. The number of aryl methyl sites for hydroxylation is 1. The highest BCUT2D eigenvalue weighted by Gasteiger charge is 2.21. The van der Waals surface area contributed by atoms with E-state index >= 15 is 0 Å². The molecule has 0 bridgehead atoms. The fourth-order valence-corrected chi connectivity index (χ4v) is 2.53. The van der Waals surface area contributed by atoms with Crippen molar-refractivity contribution >= 4 is 22.8 Å². The molecule has 0 atom stereocenters. The first-order valence-corrected chi connectivity index (χ1v) is 6.90. The van der Waals surface area contributed by atoms with Crippen molar-refractivity contribution in [3.63, 3.8) is 0 Å². The van der Waals surface area contributed by atoms with Crippen molar-refractivity contribution in [2.24, 2.45) is 5.10 Å². The van der Waals surface area contributed by atoms with Crippen molar-refractivity contribution in [1.29, 1.82) is 0 Å². The quantitative estimate of drug-likeness (QED) is 0.688. The summed E-state index contributed by atoms with van der Waals surface area (Å²) in [6.45, 7) is 0. The van der Waals surface area contributed by atoms with E-state index in [9.17, 15) is 20.2 Å². The maximum Gasteiger partial charge on any atom is 0.301 e. The van der Waals surface area contributed by atoms with E-state index in [0.29, 0.717) is 0 Å². The van der Waals surface area contributed by atoms with Crippen LogP contribution in [0.5, 0.6) is 0 Å². The summed E-state index contributed by atoms with van der Waals surface area (Å²) < 4.78 is 0. The molecule has 2 aromatic rings. The Morgan fingerprint density at radius 2 is 1.78 bits per heavy atom. The van der Waals surface area contributed by atoms with Crippen LogP contribution in [0, 0.1) is 20.2 Å². The third kappa shape index (κ3) is 2.86. The van der Waals surface area contributed by atoms with Crippen LogP contribution >= 0.6 is 0 Å². The fourth-order valence-electron chi connectivity index (χ4n) is 2.53. The Balaban J connectivity index is 1.91. The zero-order valence-corrected chi connectivity index (χ0v) is 11.9. The molecule has 8 nitrogen and oxygen atoms in total. The van der Waals surface area contributed by atoms with E-state index in [1.807, 2.05) is 24.3 Å². The predicted molar refractivity (Wildman–Crippen MR) is 84.7 cm³/mol. The zero-order chi connectivity index (χ0) is 16.4. The largest absolute Gasteiger partial charge is 0.301 e. The molecule has 0 aromatic heterocycles. The van der Waals surface area contributed by atoms with Gasteiger partial charge in [-0.3, -0.25) is 25.7 Å². The second-order valence-corrected chi connectivity index (χ2v) is 5.04. The molecule has 116 valence electrons. The zero-order valence-electron chi connectivity index (χ0n) is 11.9. The monoisotopic (exact) mass is 312 g/mol. The van der Waals surface area contributed by atoms with Crippen molar-refractivity contribution in [3.05, 3.63) is 73.8 Å². The summed E-state index contributed by atoms with van der Waals surface area (Å²) >= 11 is 0. The lowest BCUT2D eigenvalue weighted by Crippen LogP contribution is -2.02. The second-order valence-electron chi connectivity index (χ2n) is 5.04. The minimum atomic E-state index is -0.671. The first-order chi connectivity index (χ1) is 11.1. The normalized spacial score (nSPS) is 14.5. The lowest BCUT2D eigenvalue weighted by atomic mass is 10.1. The molecule has 3 rings (SSSR count). The third-order valence-electron chi connectivity index (χ3n) is 3.66. The number of benzene rings is 2. The molecular weight excluding hydrogens is 300 g/mol. The minimum Gasteiger partial charge on any atom is -0.271 e. The number of anilines is 1. The van der Waals surface area contributed by atoms with Gasteiger partial charge in [0.25, 0.3) is 5.69 Å². The highest BCUT2D eigenvalue weighted by Crippen LogP contribution is 2.29. The number of fused-ring (bicyclic) bond motifs is 1. The van der Waals surface area contributed by atoms with Crippen LogP contribution in [0.1, 0.15) is 17.5 Å². The smallest absolute Gasteiger partial charge is 0.271 e. The molecule has 0 amide bonds. The number of non-ortho nitro benzene ring substituents is 1. The lowest BCUT2D eigenvalue weighted by molar-refractivity contribution is -0.393. The predicted octanol–water partition coefficient (Wildman–Crippen LogP) is 3.27. The summed E-state index contributed by atoms with van der Waals surface area (Å²) in [5.74, 6) is 0. The molecule has 0 saturated carbocycles. The lowest BCUT2D eigenvalue weighted by Gasteiger charge is -2.04. The number of nitrogens with zero attached hydrogens (tertiary/aromatic N) is 3.